The highest BCUT2D eigenvalue weighted by Gasteiger charge is 2.28. The van der Waals surface area contributed by atoms with Crippen LogP contribution in [0.3, 0.4) is 0 Å². The second-order valence-electron chi connectivity index (χ2n) is 7.54. The highest BCUT2D eigenvalue weighted by molar-refractivity contribution is 7.89. The normalized spacial score (nSPS) is 11.5. The maximum atomic E-state index is 14.5. The summed E-state index contributed by atoms with van der Waals surface area (Å²) in [6, 6.07) is 10.7. The first-order chi connectivity index (χ1) is 16.1. The second kappa shape index (κ2) is 8.75. The van der Waals surface area contributed by atoms with Crippen molar-refractivity contribution in [3.8, 4) is 16.9 Å². The van der Waals surface area contributed by atoms with Gasteiger partial charge in [0.1, 0.15) is 23.1 Å². The van der Waals surface area contributed by atoms with Crippen LogP contribution in [0.2, 0.25) is 0 Å². The number of sulfonamides is 1. The first-order valence-electron chi connectivity index (χ1n) is 9.93. The smallest absolute Gasteiger partial charge is 0.282 e. The van der Waals surface area contributed by atoms with Crippen molar-refractivity contribution in [2.75, 3.05) is 13.4 Å². The van der Waals surface area contributed by atoms with Gasteiger partial charge in [0.25, 0.3) is 11.5 Å². The predicted octanol–water partition coefficient (Wildman–Crippen LogP) is 3.02. The van der Waals surface area contributed by atoms with Crippen LogP contribution in [0.1, 0.15) is 16.1 Å². The van der Waals surface area contributed by atoms with E-state index in [0.717, 1.165) is 24.5 Å². The van der Waals surface area contributed by atoms with Crippen molar-refractivity contribution < 1.29 is 26.7 Å². The van der Waals surface area contributed by atoms with Crippen LogP contribution in [0.15, 0.2) is 59.5 Å². The third-order valence-electron chi connectivity index (χ3n) is 5.19. The summed E-state index contributed by atoms with van der Waals surface area (Å²) in [5.74, 6) is -2.03. The van der Waals surface area contributed by atoms with Crippen LogP contribution in [0.5, 0.6) is 5.75 Å². The van der Waals surface area contributed by atoms with Crippen molar-refractivity contribution in [2.45, 2.75) is 6.54 Å². The molecule has 2 N–H and O–H groups in total. The second-order valence-corrected chi connectivity index (χ2v) is 9.29. The van der Waals surface area contributed by atoms with Crippen molar-refractivity contribution in [1.82, 2.24) is 14.3 Å². The van der Waals surface area contributed by atoms with Gasteiger partial charge in [-0.15, -0.1) is 0 Å². The predicted molar refractivity (Wildman–Crippen MR) is 122 cm³/mol. The van der Waals surface area contributed by atoms with Gasteiger partial charge < -0.3 is 14.3 Å². The monoisotopic (exact) mass is 487 g/mol. The van der Waals surface area contributed by atoms with E-state index in [-0.39, 0.29) is 28.9 Å². The van der Waals surface area contributed by atoms with E-state index >= 15 is 0 Å². The molecule has 0 bridgehead atoms. The number of nitrogens with one attached hydrogen (secondary N) is 2. The van der Waals surface area contributed by atoms with Gasteiger partial charge in [-0.25, -0.2) is 21.9 Å². The summed E-state index contributed by atoms with van der Waals surface area (Å²) in [6.07, 6.45) is 2.21. The van der Waals surface area contributed by atoms with E-state index in [4.69, 9.17) is 4.74 Å². The lowest BCUT2D eigenvalue weighted by Crippen LogP contribution is -2.32. The Balaban J connectivity index is 2.11. The van der Waals surface area contributed by atoms with Gasteiger partial charge in [-0.1, -0.05) is 0 Å². The zero-order valence-corrected chi connectivity index (χ0v) is 18.9. The Kier molecular flexibility index (Phi) is 5.96. The molecule has 0 atom stereocenters. The van der Waals surface area contributed by atoms with Gasteiger partial charge in [-0.3, -0.25) is 9.59 Å². The SMILES string of the molecule is COc1ccc2c(c1)c(-c1ccc[nH]c1=O)c(C(=O)NS(C)(=O)=O)n2Cc1cc(F)ccc1F. The highest BCUT2D eigenvalue weighted by Crippen LogP contribution is 2.36. The fourth-order valence-electron chi connectivity index (χ4n) is 3.80. The first kappa shape index (κ1) is 23.2. The van der Waals surface area contributed by atoms with Gasteiger partial charge >= 0.3 is 0 Å². The number of pyridine rings is 1. The molecule has 176 valence electrons. The molecule has 0 spiro atoms. The molecule has 8 nitrogen and oxygen atoms in total. The van der Waals surface area contributed by atoms with Crippen LogP contribution in [-0.4, -0.2) is 37.2 Å². The topological polar surface area (TPSA) is 110 Å². The molecule has 0 aliphatic heterocycles. The summed E-state index contributed by atoms with van der Waals surface area (Å²) >= 11 is 0. The number of amides is 1. The van der Waals surface area contributed by atoms with Crippen molar-refractivity contribution in [3.05, 3.63) is 88.0 Å². The molecule has 2 aromatic carbocycles. The van der Waals surface area contributed by atoms with E-state index in [1.165, 1.54) is 23.9 Å². The molecule has 0 fully saturated rings. The molecule has 4 rings (SSSR count). The van der Waals surface area contributed by atoms with Gasteiger partial charge in [0.05, 0.1) is 19.9 Å². The minimum absolute atomic E-state index is 0.0744. The molecule has 0 saturated carbocycles. The van der Waals surface area contributed by atoms with E-state index in [1.54, 1.807) is 24.3 Å². The van der Waals surface area contributed by atoms with Crippen LogP contribution in [-0.2, 0) is 16.6 Å². The standard InChI is InChI=1S/C23H19F2N3O5S/c1-33-15-6-8-19-17(11-15)20(16-4-3-9-26-22(16)29)21(23(30)27-34(2,31)32)28(19)12-13-10-14(24)5-7-18(13)25/h3-11H,12H2,1-2H3,(H,26,29)(H,27,30). The van der Waals surface area contributed by atoms with Gasteiger partial charge in [0.2, 0.25) is 10.0 Å². The fourth-order valence-corrected chi connectivity index (χ4v) is 4.24. The van der Waals surface area contributed by atoms with E-state index in [1.807, 2.05) is 4.72 Å². The molecule has 34 heavy (non-hydrogen) atoms. The minimum Gasteiger partial charge on any atom is -0.497 e. The lowest BCUT2D eigenvalue weighted by molar-refractivity contribution is 0.0974. The van der Waals surface area contributed by atoms with Crippen LogP contribution in [0.25, 0.3) is 22.0 Å². The van der Waals surface area contributed by atoms with Crippen molar-refractivity contribution in [2.24, 2.45) is 0 Å². The molecule has 2 aromatic heterocycles. The Bertz CT molecular complexity index is 1590. The maximum Gasteiger partial charge on any atom is 0.282 e. The number of hydrogen-bond acceptors (Lipinski definition) is 5. The third kappa shape index (κ3) is 4.42. The third-order valence-corrected chi connectivity index (χ3v) is 5.74. The number of H-pyrrole nitrogens is 1. The average molecular weight is 487 g/mol. The molecule has 4 aromatic rings. The zero-order valence-electron chi connectivity index (χ0n) is 18.1. The zero-order chi connectivity index (χ0) is 24.6. The lowest BCUT2D eigenvalue weighted by Gasteiger charge is -2.13. The van der Waals surface area contributed by atoms with E-state index < -0.39 is 33.1 Å². The number of ether oxygens (including phenoxy) is 1. The summed E-state index contributed by atoms with van der Waals surface area (Å²) in [6.45, 7) is -0.316. The molecule has 2 heterocycles. The molecule has 0 unspecified atom stereocenters. The minimum atomic E-state index is -3.99. The number of methoxy groups -OCH3 is 1. The summed E-state index contributed by atoms with van der Waals surface area (Å²) in [7, 11) is -2.56. The average Bonchev–Trinajstić information content (AvgIpc) is 3.08. The number of carbonyl (C=O) groups is 1. The van der Waals surface area contributed by atoms with Crippen LogP contribution in [0.4, 0.5) is 8.78 Å². The largest absolute Gasteiger partial charge is 0.497 e. The summed E-state index contributed by atoms with van der Waals surface area (Å²) in [5, 5.41) is 0.381. The van der Waals surface area contributed by atoms with Crippen LogP contribution >= 0.6 is 0 Å². The summed E-state index contributed by atoms with van der Waals surface area (Å²) in [4.78, 5) is 28.4. The fraction of sp³-hybridized carbons (Fsp3) is 0.130. The van der Waals surface area contributed by atoms with Gasteiger partial charge in [0, 0.05) is 33.8 Å². The number of aromatic amines is 1. The molecule has 11 heteroatoms. The number of halogens is 2. The quantitative estimate of drug-likeness (QED) is 0.435. The molecular weight excluding hydrogens is 468 g/mol. The van der Waals surface area contributed by atoms with Crippen LogP contribution in [0, 0.1) is 11.6 Å². The number of nitrogens with zero attached hydrogens (tertiary/aromatic N) is 1. The summed E-state index contributed by atoms with van der Waals surface area (Å²) < 4.78 is 60.7. The van der Waals surface area contributed by atoms with Crippen molar-refractivity contribution in [1.29, 1.82) is 0 Å². The van der Waals surface area contributed by atoms with Gasteiger partial charge in [-0.2, -0.15) is 0 Å². The Morgan fingerprint density at radius 3 is 2.59 bits per heavy atom. The lowest BCUT2D eigenvalue weighted by atomic mass is 10.0. The number of benzene rings is 2. The molecular formula is C23H19F2N3O5S. The molecule has 0 saturated heterocycles. The Morgan fingerprint density at radius 2 is 1.91 bits per heavy atom. The number of rotatable bonds is 6. The van der Waals surface area contributed by atoms with E-state index in [0.29, 0.717) is 16.7 Å². The molecule has 0 aliphatic carbocycles. The first-order valence-corrected chi connectivity index (χ1v) is 11.8. The van der Waals surface area contributed by atoms with Gasteiger partial charge in [-0.05, 0) is 48.5 Å². The number of fused-ring (bicyclic) bond motifs is 1. The summed E-state index contributed by atoms with van der Waals surface area (Å²) in [5.41, 5.74) is -0.244. The van der Waals surface area contributed by atoms with Crippen molar-refractivity contribution >= 4 is 26.8 Å². The van der Waals surface area contributed by atoms with E-state index in [2.05, 4.69) is 4.98 Å². The number of aromatic nitrogens is 2. The Labute approximate surface area is 192 Å². The molecule has 1 amide bonds. The maximum absolute atomic E-state index is 14.5. The van der Waals surface area contributed by atoms with Gasteiger partial charge in [0.15, 0.2) is 0 Å². The Morgan fingerprint density at radius 1 is 1.15 bits per heavy atom. The number of carbonyl (C=O) groups excluding carboxylic acids is 1. The van der Waals surface area contributed by atoms with E-state index in [9.17, 15) is 26.8 Å². The molecule has 0 radical (unpaired) electrons. The van der Waals surface area contributed by atoms with Crippen LogP contribution < -0.4 is 15.0 Å². The highest BCUT2D eigenvalue weighted by atomic mass is 32.2. The number of hydrogen-bond donors (Lipinski definition) is 2. The van der Waals surface area contributed by atoms with Crippen molar-refractivity contribution in [3.63, 3.8) is 0 Å². The Hall–Kier alpha value is -3.99. The molecule has 0 aliphatic rings.